The second kappa shape index (κ2) is 15.9. The number of rotatable bonds is 12. The third-order valence-corrected chi connectivity index (χ3v) is 8.01. The number of hydrogen-bond acceptors (Lipinski definition) is 14. The summed E-state index contributed by atoms with van der Waals surface area (Å²) in [7, 11) is 0. The van der Waals surface area contributed by atoms with Gasteiger partial charge in [0.25, 0.3) is 0 Å². The number of benzene rings is 2. The first-order valence-corrected chi connectivity index (χ1v) is 15.1. The first kappa shape index (κ1) is 36.1. The lowest BCUT2D eigenvalue weighted by molar-refractivity contribution is -0.244. The van der Waals surface area contributed by atoms with E-state index in [1.165, 1.54) is 26.0 Å². The molecule has 10 N–H and O–H groups in total. The van der Waals surface area contributed by atoms with E-state index in [4.69, 9.17) is 18.9 Å². The number of phenols is 2. The van der Waals surface area contributed by atoms with Crippen LogP contribution < -0.4 is 20.1 Å². The SMILES string of the molecule is CC(=O)N[C@H]1C(Oc2ccc(CCCc3ccc(OC4O[C@H](CO)[C@@H](O)[C@H](O)[C@H]4NC(C)=O)cc3O)c(O)c2)O[C@H](CO)[C@@H](O)[C@@H]1O. The van der Waals surface area contributed by atoms with Crippen molar-refractivity contribution in [2.45, 2.75) is 94.4 Å². The number of ether oxygens (including phenoxy) is 4. The maximum Gasteiger partial charge on any atom is 0.223 e. The van der Waals surface area contributed by atoms with Crippen LogP contribution in [-0.4, -0.2) is 127 Å². The molecule has 16 nitrogen and oxygen atoms in total. The Labute approximate surface area is 270 Å². The van der Waals surface area contributed by atoms with Crippen LogP contribution in [0.3, 0.4) is 0 Å². The standard InChI is InChI=1S/C31H42N2O14/c1-14(36)32-24-28(42)26(40)22(12-34)46-30(24)44-18-8-6-16(20(38)10-18)4-3-5-17-7-9-19(11-21(17)39)45-31-25(33-15(2)37)29(43)27(41)23(13-35)47-31/h6-11,22-31,34-35,38-43H,3-5,12-13H2,1-2H3,(H,32,36)(H,33,37)/t22-,23-,24-,25-,26-,27-,28-,29-,30?,31?/m1/s1. The minimum absolute atomic E-state index is 0.101. The number of aliphatic hydroxyl groups is 6. The van der Waals surface area contributed by atoms with Gasteiger partial charge in [-0.3, -0.25) is 9.59 Å². The molecule has 2 aromatic rings. The highest BCUT2D eigenvalue weighted by molar-refractivity contribution is 5.73. The Hall–Kier alpha value is -3.74. The highest BCUT2D eigenvalue weighted by Gasteiger charge is 2.47. The van der Waals surface area contributed by atoms with E-state index in [2.05, 4.69) is 10.6 Å². The van der Waals surface area contributed by atoms with Crippen LogP contribution in [-0.2, 0) is 31.9 Å². The smallest absolute Gasteiger partial charge is 0.223 e. The zero-order valence-electron chi connectivity index (χ0n) is 25.8. The first-order chi connectivity index (χ1) is 22.3. The largest absolute Gasteiger partial charge is 0.508 e. The summed E-state index contributed by atoms with van der Waals surface area (Å²) < 4.78 is 22.6. The average molecular weight is 667 g/mol. The average Bonchev–Trinajstić information content (AvgIpc) is 3.02. The van der Waals surface area contributed by atoms with Gasteiger partial charge in [0.2, 0.25) is 24.4 Å². The number of aryl methyl sites for hydroxylation is 2. The fourth-order valence-electron chi connectivity index (χ4n) is 5.54. The van der Waals surface area contributed by atoms with Crippen LogP contribution in [0.1, 0.15) is 31.4 Å². The first-order valence-electron chi connectivity index (χ1n) is 15.1. The van der Waals surface area contributed by atoms with Gasteiger partial charge >= 0.3 is 0 Å². The fourth-order valence-corrected chi connectivity index (χ4v) is 5.54. The Morgan fingerprint density at radius 3 is 1.38 bits per heavy atom. The molecule has 16 heteroatoms. The summed E-state index contributed by atoms with van der Waals surface area (Å²) in [5.41, 5.74) is 1.14. The van der Waals surface area contributed by atoms with Crippen molar-refractivity contribution in [3.63, 3.8) is 0 Å². The lowest BCUT2D eigenvalue weighted by atomic mass is 9.97. The fraction of sp³-hybridized carbons (Fsp3) is 0.548. The summed E-state index contributed by atoms with van der Waals surface area (Å²) >= 11 is 0. The number of aromatic hydroxyl groups is 2. The van der Waals surface area contributed by atoms with Crippen molar-refractivity contribution < 1.29 is 69.4 Å². The van der Waals surface area contributed by atoms with E-state index >= 15 is 0 Å². The Balaban J connectivity index is 1.36. The zero-order chi connectivity index (χ0) is 34.4. The van der Waals surface area contributed by atoms with Crippen LogP contribution in [0, 0.1) is 0 Å². The second-order valence-corrected chi connectivity index (χ2v) is 11.5. The van der Waals surface area contributed by atoms with Gasteiger partial charge in [0.1, 0.15) is 71.7 Å². The van der Waals surface area contributed by atoms with Crippen molar-refractivity contribution in [3.8, 4) is 23.0 Å². The van der Waals surface area contributed by atoms with Gasteiger partial charge in [-0.15, -0.1) is 0 Å². The van der Waals surface area contributed by atoms with E-state index in [-0.39, 0.29) is 23.0 Å². The molecule has 2 aliphatic heterocycles. The molecular formula is C31H42N2O14. The number of nitrogens with one attached hydrogen (secondary N) is 2. The van der Waals surface area contributed by atoms with Crippen LogP contribution in [0.2, 0.25) is 0 Å². The molecule has 0 aromatic heterocycles. The summed E-state index contributed by atoms with van der Waals surface area (Å²) in [5.74, 6) is -0.909. The Bertz CT molecular complexity index is 1280. The molecule has 2 heterocycles. The lowest BCUT2D eigenvalue weighted by Crippen LogP contribution is -2.65. The van der Waals surface area contributed by atoms with Crippen LogP contribution in [0.15, 0.2) is 36.4 Å². The van der Waals surface area contributed by atoms with Gasteiger partial charge in [-0.1, -0.05) is 12.1 Å². The molecule has 47 heavy (non-hydrogen) atoms. The van der Waals surface area contributed by atoms with Gasteiger partial charge in [-0.25, -0.2) is 0 Å². The molecule has 2 aliphatic rings. The van der Waals surface area contributed by atoms with E-state index in [1.807, 2.05) is 0 Å². The van der Waals surface area contributed by atoms with Crippen LogP contribution in [0.4, 0.5) is 0 Å². The normalized spacial score (nSPS) is 30.7. The van der Waals surface area contributed by atoms with E-state index in [9.17, 15) is 50.4 Å². The molecule has 10 atom stereocenters. The van der Waals surface area contributed by atoms with Crippen molar-refractivity contribution in [2.24, 2.45) is 0 Å². The summed E-state index contributed by atoms with van der Waals surface area (Å²) in [6.07, 6.45) is -9.44. The van der Waals surface area contributed by atoms with Crippen molar-refractivity contribution in [1.82, 2.24) is 10.6 Å². The molecule has 2 amide bonds. The molecule has 4 rings (SSSR count). The maximum atomic E-state index is 11.7. The van der Waals surface area contributed by atoms with Gasteiger partial charge in [0, 0.05) is 26.0 Å². The van der Waals surface area contributed by atoms with Crippen LogP contribution in [0.25, 0.3) is 0 Å². The van der Waals surface area contributed by atoms with Crippen molar-refractivity contribution in [2.75, 3.05) is 13.2 Å². The van der Waals surface area contributed by atoms with Gasteiger partial charge < -0.3 is 70.4 Å². The van der Waals surface area contributed by atoms with Gasteiger partial charge in [-0.2, -0.15) is 0 Å². The zero-order valence-corrected chi connectivity index (χ0v) is 25.8. The Morgan fingerprint density at radius 2 is 1.06 bits per heavy atom. The lowest BCUT2D eigenvalue weighted by Gasteiger charge is -2.42. The molecule has 0 radical (unpaired) electrons. The van der Waals surface area contributed by atoms with Crippen molar-refractivity contribution in [1.29, 1.82) is 0 Å². The number of aliphatic hydroxyl groups excluding tert-OH is 6. The summed E-state index contributed by atoms with van der Waals surface area (Å²) in [6.45, 7) is 1.24. The molecule has 0 aliphatic carbocycles. The third kappa shape index (κ3) is 8.79. The second-order valence-electron chi connectivity index (χ2n) is 11.5. The Kier molecular flexibility index (Phi) is 12.2. The van der Waals surface area contributed by atoms with Crippen molar-refractivity contribution in [3.05, 3.63) is 47.5 Å². The molecule has 2 fully saturated rings. The van der Waals surface area contributed by atoms with Crippen LogP contribution >= 0.6 is 0 Å². The monoisotopic (exact) mass is 666 g/mol. The number of carbonyl (C=O) groups is 2. The highest BCUT2D eigenvalue weighted by Crippen LogP contribution is 2.31. The Morgan fingerprint density at radius 1 is 0.681 bits per heavy atom. The van der Waals surface area contributed by atoms with E-state index < -0.39 is 86.3 Å². The predicted octanol–water partition coefficient (Wildman–Crippen LogP) is -2.08. The predicted molar refractivity (Wildman–Crippen MR) is 160 cm³/mol. The molecule has 0 bridgehead atoms. The molecule has 2 unspecified atom stereocenters. The molecule has 2 saturated heterocycles. The van der Waals surface area contributed by atoms with E-state index in [0.29, 0.717) is 30.4 Å². The molecule has 260 valence electrons. The third-order valence-electron chi connectivity index (χ3n) is 8.01. The number of phenolic OH excluding ortho intramolecular Hbond substituents is 2. The summed E-state index contributed by atoms with van der Waals surface area (Å²) in [6, 6.07) is 6.70. The molecule has 0 spiro atoms. The van der Waals surface area contributed by atoms with Crippen LogP contribution in [0.5, 0.6) is 23.0 Å². The number of amides is 2. The molecular weight excluding hydrogens is 624 g/mol. The maximum absolute atomic E-state index is 11.7. The van der Waals surface area contributed by atoms with E-state index in [0.717, 1.165) is 0 Å². The van der Waals surface area contributed by atoms with Gasteiger partial charge in [0.15, 0.2) is 0 Å². The highest BCUT2D eigenvalue weighted by atomic mass is 16.7. The minimum atomic E-state index is -1.48. The minimum Gasteiger partial charge on any atom is -0.508 e. The molecule has 2 aromatic carbocycles. The summed E-state index contributed by atoms with van der Waals surface area (Å²) in [4.78, 5) is 23.3. The van der Waals surface area contributed by atoms with Gasteiger partial charge in [0.05, 0.1) is 13.2 Å². The van der Waals surface area contributed by atoms with E-state index in [1.54, 1.807) is 24.3 Å². The molecule has 0 saturated carbocycles. The number of hydrogen-bond donors (Lipinski definition) is 10. The quantitative estimate of drug-likeness (QED) is 0.117. The van der Waals surface area contributed by atoms with Crippen molar-refractivity contribution >= 4 is 11.8 Å². The van der Waals surface area contributed by atoms with Gasteiger partial charge in [-0.05, 0) is 42.5 Å². The topological polar surface area (TPSA) is 257 Å². The summed E-state index contributed by atoms with van der Waals surface area (Å²) in [5, 5.41) is 86.5. The number of carbonyl (C=O) groups excluding carboxylic acids is 2.